The lowest BCUT2D eigenvalue weighted by Gasteiger charge is -2.08. The number of carbonyl (C=O) groups excluding carboxylic acids is 2. The number of amides is 1. The number of nitrogens with one attached hydrogen (secondary N) is 2. The molecule has 132 valence electrons. The monoisotopic (exact) mass is 351 g/mol. The molecule has 0 radical (unpaired) electrons. The van der Waals surface area contributed by atoms with Crippen LogP contribution in [0.1, 0.15) is 39.4 Å². The van der Waals surface area contributed by atoms with Crippen LogP contribution in [0.4, 0.5) is 17.3 Å². The van der Waals surface area contributed by atoms with Crippen LogP contribution in [0.25, 0.3) is 0 Å². The lowest BCUT2D eigenvalue weighted by Crippen LogP contribution is -2.15. The van der Waals surface area contributed by atoms with Crippen LogP contribution < -0.4 is 10.6 Å². The smallest absolute Gasteiger partial charge is 0.274 e. The highest BCUT2D eigenvalue weighted by Gasteiger charge is 2.12. The number of carbonyl (C=O) groups is 2. The van der Waals surface area contributed by atoms with Gasteiger partial charge in [-0.25, -0.2) is 9.97 Å². The van der Waals surface area contributed by atoms with E-state index in [0.29, 0.717) is 34.5 Å². The zero-order valence-corrected chi connectivity index (χ0v) is 14.5. The first kappa shape index (κ1) is 17.3. The Kier molecular flexibility index (Phi) is 4.74. The number of ketones is 1. The molecule has 3 rings (SSSR count). The van der Waals surface area contributed by atoms with Gasteiger partial charge >= 0.3 is 0 Å². The van der Waals surface area contributed by atoms with Crippen LogP contribution in [0.3, 0.4) is 0 Å². The summed E-state index contributed by atoms with van der Waals surface area (Å²) in [6.07, 6.45) is 0. The molecule has 0 bridgehead atoms. The normalized spacial score (nSPS) is 10.4. The van der Waals surface area contributed by atoms with E-state index in [1.807, 2.05) is 0 Å². The van der Waals surface area contributed by atoms with Crippen molar-refractivity contribution in [3.05, 3.63) is 59.2 Å². The molecule has 8 nitrogen and oxygen atoms in total. The van der Waals surface area contributed by atoms with Crippen molar-refractivity contribution in [2.75, 3.05) is 10.6 Å². The summed E-state index contributed by atoms with van der Waals surface area (Å²) in [6, 6.07) is 9.89. The largest absolute Gasteiger partial charge is 0.360 e. The maximum absolute atomic E-state index is 12.5. The van der Waals surface area contributed by atoms with Crippen LogP contribution in [0.15, 0.2) is 40.9 Å². The molecule has 0 aliphatic rings. The molecular formula is C18H17N5O3. The number of hydrogen-bond donors (Lipinski definition) is 2. The van der Waals surface area contributed by atoms with E-state index < -0.39 is 0 Å². The van der Waals surface area contributed by atoms with Gasteiger partial charge in [0, 0.05) is 23.4 Å². The van der Waals surface area contributed by atoms with Gasteiger partial charge in [-0.2, -0.15) is 0 Å². The van der Waals surface area contributed by atoms with E-state index >= 15 is 0 Å². The fourth-order valence-corrected chi connectivity index (χ4v) is 2.29. The molecule has 0 saturated carbocycles. The Morgan fingerprint density at radius 3 is 2.35 bits per heavy atom. The Bertz CT molecular complexity index is 963. The molecule has 0 aliphatic carbocycles. The highest BCUT2D eigenvalue weighted by atomic mass is 16.5. The predicted molar refractivity (Wildman–Crippen MR) is 95.7 cm³/mol. The number of anilines is 3. The van der Waals surface area contributed by atoms with Gasteiger partial charge in [-0.05, 0) is 45.0 Å². The van der Waals surface area contributed by atoms with Gasteiger partial charge in [-0.3, -0.25) is 9.59 Å². The highest BCUT2D eigenvalue weighted by Crippen LogP contribution is 2.16. The molecular weight excluding hydrogens is 334 g/mol. The lowest BCUT2D eigenvalue weighted by molar-refractivity contribution is 0.101. The van der Waals surface area contributed by atoms with Crippen molar-refractivity contribution < 1.29 is 14.1 Å². The van der Waals surface area contributed by atoms with E-state index in [0.717, 1.165) is 0 Å². The fourth-order valence-electron chi connectivity index (χ4n) is 2.29. The lowest BCUT2D eigenvalue weighted by atomic mass is 10.1. The Hall–Kier alpha value is -3.55. The van der Waals surface area contributed by atoms with E-state index in [1.54, 1.807) is 44.2 Å². The minimum absolute atomic E-state index is 0.0342. The van der Waals surface area contributed by atoms with Gasteiger partial charge in [0.15, 0.2) is 11.6 Å². The van der Waals surface area contributed by atoms with Crippen molar-refractivity contribution in [1.29, 1.82) is 0 Å². The van der Waals surface area contributed by atoms with Gasteiger partial charge in [0.05, 0.1) is 0 Å². The molecule has 1 amide bonds. The van der Waals surface area contributed by atoms with E-state index in [1.165, 1.54) is 13.0 Å². The van der Waals surface area contributed by atoms with Crippen LogP contribution in [-0.4, -0.2) is 26.8 Å². The number of Topliss-reactive ketones (excluding diaryl/α,β-unsaturated/α-hetero) is 1. The van der Waals surface area contributed by atoms with Crippen LogP contribution in [0.5, 0.6) is 0 Å². The summed E-state index contributed by atoms with van der Waals surface area (Å²) in [5.41, 5.74) is 1.35. The van der Waals surface area contributed by atoms with Crippen molar-refractivity contribution in [2.45, 2.75) is 20.8 Å². The van der Waals surface area contributed by atoms with Crippen LogP contribution >= 0.6 is 0 Å². The minimum Gasteiger partial charge on any atom is -0.360 e. The average molecular weight is 351 g/mol. The van der Waals surface area contributed by atoms with Gasteiger partial charge in [-0.1, -0.05) is 5.16 Å². The Balaban J connectivity index is 1.77. The van der Waals surface area contributed by atoms with E-state index in [4.69, 9.17) is 4.52 Å². The second-order valence-corrected chi connectivity index (χ2v) is 5.72. The molecule has 8 heteroatoms. The third-order valence-electron chi connectivity index (χ3n) is 3.50. The first-order chi connectivity index (χ1) is 12.4. The summed E-state index contributed by atoms with van der Waals surface area (Å²) < 4.78 is 4.99. The molecule has 1 aromatic carbocycles. The van der Waals surface area contributed by atoms with E-state index in [2.05, 4.69) is 25.8 Å². The number of benzene rings is 1. The predicted octanol–water partition coefficient (Wildman–Crippen LogP) is 3.28. The molecule has 2 heterocycles. The number of rotatable bonds is 5. The Morgan fingerprint density at radius 2 is 1.73 bits per heavy atom. The third-order valence-corrected chi connectivity index (χ3v) is 3.50. The second kappa shape index (κ2) is 7.14. The zero-order valence-electron chi connectivity index (χ0n) is 14.5. The Morgan fingerprint density at radius 1 is 1.00 bits per heavy atom. The van der Waals surface area contributed by atoms with Crippen molar-refractivity contribution in [1.82, 2.24) is 15.1 Å². The quantitative estimate of drug-likeness (QED) is 0.679. The average Bonchev–Trinajstić information content (AvgIpc) is 2.99. The molecule has 26 heavy (non-hydrogen) atoms. The molecule has 2 N–H and O–H groups in total. The highest BCUT2D eigenvalue weighted by molar-refractivity contribution is 6.03. The standard InChI is InChI=1S/C18H17N5O3/c1-10-8-17(23-26-10)22-16-9-15(19-12(3)20-16)18(25)21-14-6-4-13(5-7-14)11(2)24/h4-9H,1-3H3,(H,21,25)(H,19,20,22,23). The maximum Gasteiger partial charge on any atom is 0.274 e. The fraction of sp³-hybridized carbons (Fsp3) is 0.167. The topological polar surface area (TPSA) is 110 Å². The summed E-state index contributed by atoms with van der Waals surface area (Å²) in [5, 5.41) is 9.55. The first-order valence-corrected chi connectivity index (χ1v) is 7.89. The number of aryl methyl sites for hydroxylation is 2. The maximum atomic E-state index is 12.5. The van der Waals surface area contributed by atoms with Crippen molar-refractivity contribution in [2.24, 2.45) is 0 Å². The minimum atomic E-state index is -0.384. The molecule has 0 aliphatic heterocycles. The van der Waals surface area contributed by atoms with Gasteiger partial charge in [0.2, 0.25) is 0 Å². The van der Waals surface area contributed by atoms with Crippen molar-refractivity contribution in [3.8, 4) is 0 Å². The SMILES string of the molecule is CC(=O)c1ccc(NC(=O)c2cc(Nc3cc(C)on3)nc(C)n2)cc1. The van der Waals surface area contributed by atoms with Crippen LogP contribution in [-0.2, 0) is 0 Å². The second-order valence-electron chi connectivity index (χ2n) is 5.72. The molecule has 3 aromatic rings. The van der Waals surface area contributed by atoms with E-state index in [9.17, 15) is 9.59 Å². The third kappa shape index (κ3) is 4.10. The van der Waals surface area contributed by atoms with Crippen LogP contribution in [0, 0.1) is 13.8 Å². The zero-order chi connectivity index (χ0) is 18.7. The summed E-state index contributed by atoms with van der Waals surface area (Å²) >= 11 is 0. The first-order valence-electron chi connectivity index (χ1n) is 7.89. The molecule has 0 fully saturated rings. The van der Waals surface area contributed by atoms with E-state index in [-0.39, 0.29) is 17.4 Å². The number of hydrogen-bond acceptors (Lipinski definition) is 7. The molecule has 2 aromatic heterocycles. The van der Waals surface area contributed by atoms with Gasteiger partial charge in [0.1, 0.15) is 23.1 Å². The summed E-state index contributed by atoms with van der Waals surface area (Å²) in [7, 11) is 0. The van der Waals surface area contributed by atoms with Gasteiger partial charge in [-0.15, -0.1) is 0 Å². The van der Waals surface area contributed by atoms with Gasteiger partial charge in [0.25, 0.3) is 5.91 Å². The summed E-state index contributed by atoms with van der Waals surface area (Å²) in [5.74, 6) is 1.60. The number of aromatic nitrogens is 3. The molecule has 0 saturated heterocycles. The summed E-state index contributed by atoms with van der Waals surface area (Å²) in [4.78, 5) is 32.2. The van der Waals surface area contributed by atoms with Crippen molar-refractivity contribution in [3.63, 3.8) is 0 Å². The van der Waals surface area contributed by atoms with Crippen molar-refractivity contribution >= 4 is 29.0 Å². The Labute approximate surface area is 149 Å². The van der Waals surface area contributed by atoms with Gasteiger partial charge < -0.3 is 15.2 Å². The van der Waals surface area contributed by atoms with Crippen LogP contribution in [0.2, 0.25) is 0 Å². The summed E-state index contributed by atoms with van der Waals surface area (Å²) in [6.45, 7) is 4.96. The number of nitrogens with zero attached hydrogens (tertiary/aromatic N) is 3. The molecule has 0 spiro atoms. The molecule has 0 atom stereocenters. The molecule has 0 unspecified atom stereocenters.